The summed E-state index contributed by atoms with van der Waals surface area (Å²) in [6.45, 7) is 3.88. The van der Waals surface area contributed by atoms with Crippen molar-refractivity contribution in [3.63, 3.8) is 0 Å². The van der Waals surface area contributed by atoms with Crippen molar-refractivity contribution in [3.8, 4) is 16.9 Å². The minimum Gasteiger partial charge on any atom is -0.496 e. The molecule has 2 aromatic carbocycles. The van der Waals surface area contributed by atoms with E-state index in [-0.39, 0.29) is 0 Å². The lowest BCUT2D eigenvalue weighted by Gasteiger charge is -2.11. The maximum atomic E-state index is 11.1. The third-order valence-electron chi connectivity index (χ3n) is 2.99. The zero-order valence-electron chi connectivity index (χ0n) is 11.2. The fourth-order valence-electron chi connectivity index (χ4n) is 2.11. The molecule has 0 bridgehead atoms. The number of aryl methyl sites for hydroxylation is 2. The molecular weight excluding hydrogens is 240 g/mol. The van der Waals surface area contributed by atoms with Crippen molar-refractivity contribution in [1.82, 2.24) is 0 Å². The Kier molecular flexibility index (Phi) is 3.56. The fourth-order valence-corrected chi connectivity index (χ4v) is 2.11. The van der Waals surface area contributed by atoms with E-state index in [1.165, 1.54) is 0 Å². The first-order valence-corrected chi connectivity index (χ1v) is 6.01. The van der Waals surface area contributed by atoms with Gasteiger partial charge >= 0.3 is 5.97 Å². The number of rotatable bonds is 3. The molecule has 3 nitrogen and oxygen atoms in total. The summed E-state index contributed by atoms with van der Waals surface area (Å²) in [5.41, 5.74) is 4.08. The van der Waals surface area contributed by atoms with Crippen LogP contribution in [0, 0.1) is 13.8 Å². The lowest BCUT2D eigenvalue weighted by molar-refractivity contribution is 0.0697. The van der Waals surface area contributed by atoms with Crippen LogP contribution in [-0.4, -0.2) is 18.2 Å². The highest BCUT2D eigenvalue weighted by Crippen LogP contribution is 2.32. The highest BCUT2D eigenvalue weighted by molar-refractivity contribution is 5.90. The Morgan fingerprint density at radius 2 is 1.79 bits per heavy atom. The van der Waals surface area contributed by atoms with E-state index in [4.69, 9.17) is 9.84 Å². The molecule has 19 heavy (non-hydrogen) atoms. The van der Waals surface area contributed by atoms with Crippen molar-refractivity contribution >= 4 is 5.97 Å². The van der Waals surface area contributed by atoms with Crippen molar-refractivity contribution < 1.29 is 14.6 Å². The number of hydrogen-bond acceptors (Lipinski definition) is 2. The first-order valence-electron chi connectivity index (χ1n) is 6.01. The lowest BCUT2D eigenvalue weighted by Crippen LogP contribution is -1.98. The summed E-state index contributed by atoms with van der Waals surface area (Å²) in [5.74, 6) is -0.177. The lowest BCUT2D eigenvalue weighted by atomic mass is 9.98. The Hall–Kier alpha value is -2.29. The summed E-state index contributed by atoms with van der Waals surface area (Å²) in [6.07, 6.45) is 0. The van der Waals surface area contributed by atoms with Gasteiger partial charge in [-0.05, 0) is 49.2 Å². The normalized spacial score (nSPS) is 10.3. The molecule has 0 aliphatic carbocycles. The van der Waals surface area contributed by atoms with E-state index in [1.807, 2.05) is 38.1 Å². The Bertz CT molecular complexity index is 630. The van der Waals surface area contributed by atoms with E-state index in [2.05, 4.69) is 0 Å². The van der Waals surface area contributed by atoms with Crippen LogP contribution in [0.25, 0.3) is 11.1 Å². The van der Waals surface area contributed by atoms with Gasteiger partial charge in [0.15, 0.2) is 0 Å². The monoisotopic (exact) mass is 256 g/mol. The van der Waals surface area contributed by atoms with Gasteiger partial charge in [0.1, 0.15) is 5.75 Å². The highest BCUT2D eigenvalue weighted by Gasteiger charge is 2.10. The molecule has 0 aromatic heterocycles. The van der Waals surface area contributed by atoms with Crippen LogP contribution in [0.2, 0.25) is 0 Å². The molecule has 0 amide bonds. The quantitative estimate of drug-likeness (QED) is 0.911. The van der Waals surface area contributed by atoms with Gasteiger partial charge in [-0.25, -0.2) is 4.79 Å². The molecule has 0 aliphatic rings. The third kappa shape index (κ3) is 2.76. The van der Waals surface area contributed by atoms with Gasteiger partial charge in [0.25, 0.3) is 0 Å². The average molecular weight is 256 g/mol. The van der Waals surface area contributed by atoms with Crippen molar-refractivity contribution in [1.29, 1.82) is 0 Å². The predicted octanol–water partition coefficient (Wildman–Crippen LogP) is 3.68. The number of hydrogen-bond donors (Lipinski definition) is 1. The molecule has 0 saturated carbocycles. The summed E-state index contributed by atoms with van der Waals surface area (Å²) in [4.78, 5) is 11.1. The van der Waals surface area contributed by atoms with Crippen LogP contribution in [0.3, 0.4) is 0 Å². The molecule has 0 atom stereocenters. The van der Waals surface area contributed by atoms with E-state index < -0.39 is 5.97 Å². The molecule has 0 radical (unpaired) electrons. The topological polar surface area (TPSA) is 46.5 Å². The Balaban J connectivity index is 2.64. The van der Waals surface area contributed by atoms with Gasteiger partial charge in [-0.2, -0.15) is 0 Å². The SMILES string of the molecule is COc1ccc(C)cc1-c1cc(C)cc(C(=O)O)c1. The number of aromatic carboxylic acids is 1. The number of ether oxygens (including phenoxy) is 1. The molecule has 0 saturated heterocycles. The standard InChI is InChI=1S/C16H16O3/c1-10-4-5-15(19-3)14(8-10)12-6-11(2)7-13(9-12)16(17)18/h4-9H,1-3H3,(H,17,18). The van der Waals surface area contributed by atoms with Crippen LogP contribution in [0.5, 0.6) is 5.75 Å². The minimum atomic E-state index is -0.920. The second kappa shape index (κ2) is 5.14. The van der Waals surface area contributed by atoms with Crippen molar-refractivity contribution in [2.24, 2.45) is 0 Å². The Morgan fingerprint density at radius 1 is 1.05 bits per heavy atom. The molecule has 3 heteroatoms. The number of carbonyl (C=O) groups is 1. The molecule has 0 unspecified atom stereocenters. The first kappa shape index (κ1) is 13.1. The number of carboxylic acids is 1. The highest BCUT2D eigenvalue weighted by atomic mass is 16.5. The summed E-state index contributed by atoms with van der Waals surface area (Å²) in [7, 11) is 1.61. The van der Waals surface area contributed by atoms with Gasteiger partial charge in [-0.1, -0.05) is 17.7 Å². The maximum Gasteiger partial charge on any atom is 0.335 e. The van der Waals surface area contributed by atoms with Crippen LogP contribution in [0.4, 0.5) is 0 Å². The van der Waals surface area contributed by atoms with Gasteiger partial charge in [-0.3, -0.25) is 0 Å². The summed E-state index contributed by atoms with van der Waals surface area (Å²) >= 11 is 0. The van der Waals surface area contributed by atoms with E-state index in [1.54, 1.807) is 19.2 Å². The van der Waals surface area contributed by atoms with Gasteiger partial charge in [0, 0.05) is 5.56 Å². The molecule has 0 spiro atoms. The number of methoxy groups -OCH3 is 1. The minimum absolute atomic E-state index is 0.290. The van der Waals surface area contributed by atoms with Gasteiger partial charge in [0.2, 0.25) is 0 Å². The molecule has 2 aromatic rings. The number of carboxylic acid groups (broad SMARTS) is 1. The van der Waals surface area contributed by atoms with E-state index >= 15 is 0 Å². The first-order chi connectivity index (χ1) is 9.01. The molecule has 2 rings (SSSR count). The Morgan fingerprint density at radius 3 is 2.42 bits per heavy atom. The molecule has 98 valence electrons. The average Bonchev–Trinajstić information content (AvgIpc) is 2.37. The molecule has 0 fully saturated rings. The van der Waals surface area contributed by atoms with E-state index in [0.717, 1.165) is 28.0 Å². The molecule has 1 N–H and O–H groups in total. The van der Waals surface area contributed by atoms with E-state index in [9.17, 15) is 4.79 Å². The largest absolute Gasteiger partial charge is 0.496 e. The van der Waals surface area contributed by atoms with Gasteiger partial charge in [-0.15, -0.1) is 0 Å². The second-order valence-corrected chi connectivity index (χ2v) is 4.60. The van der Waals surface area contributed by atoms with Crippen LogP contribution < -0.4 is 4.74 Å². The smallest absolute Gasteiger partial charge is 0.335 e. The van der Waals surface area contributed by atoms with Crippen molar-refractivity contribution in [2.45, 2.75) is 13.8 Å². The fraction of sp³-hybridized carbons (Fsp3) is 0.188. The zero-order valence-corrected chi connectivity index (χ0v) is 11.2. The summed E-state index contributed by atoms with van der Waals surface area (Å²) in [6, 6.07) is 11.2. The van der Waals surface area contributed by atoms with Gasteiger partial charge in [0.05, 0.1) is 12.7 Å². The van der Waals surface area contributed by atoms with Crippen LogP contribution in [0.1, 0.15) is 21.5 Å². The van der Waals surface area contributed by atoms with Gasteiger partial charge < -0.3 is 9.84 Å². The molecule has 0 aliphatic heterocycles. The summed E-state index contributed by atoms with van der Waals surface area (Å²) in [5, 5.41) is 9.13. The second-order valence-electron chi connectivity index (χ2n) is 4.60. The maximum absolute atomic E-state index is 11.1. The van der Waals surface area contributed by atoms with Crippen LogP contribution in [-0.2, 0) is 0 Å². The number of benzene rings is 2. The van der Waals surface area contributed by atoms with Crippen LogP contribution in [0.15, 0.2) is 36.4 Å². The zero-order chi connectivity index (χ0) is 14.0. The Labute approximate surface area is 112 Å². The predicted molar refractivity (Wildman–Crippen MR) is 74.9 cm³/mol. The third-order valence-corrected chi connectivity index (χ3v) is 2.99. The van der Waals surface area contributed by atoms with E-state index in [0.29, 0.717) is 5.56 Å². The van der Waals surface area contributed by atoms with Crippen molar-refractivity contribution in [2.75, 3.05) is 7.11 Å². The molecular formula is C16H16O3. The summed E-state index contributed by atoms with van der Waals surface area (Å²) < 4.78 is 5.35. The van der Waals surface area contributed by atoms with Crippen molar-refractivity contribution in [3.05, 3.63) is 53.1 Å². The molecule has 0 heterocycles. The van der Waals surface area contributed by atoms with Crippen LogP contribution >= 0.6 is 0 Å².